The smallest absolute Gasteiger partial charge is 0.305 e. The second-order valence-corrected chi connectivity index (χ2v) is 3.86. The van der Waals surface area contributed by atoms with E-state index in [0.29, 0.717) is 31.0 Å². The summed E-state index contributed by atoms with van der Waals surface area (Å²) >= 11 is 0. The molecule has 1 heterocycles. The number of hydrogen-bond donors (Lipinski definition) is 1. The molecule has 0 radical (unpaired) electrons. The van der Waals surface area contributed by atoms with E-state index in [-0.39, 0.29) is 11.9 Å². The number of ether oxygens (including phenoxy) is 3. The van der Waals surface area contributed by atoms with Gasteiger partial charge >= 0.3 is 5.97 Å². The fourth-order valence-corrected chi connectivity index (χ4v) is 1.68. The van der Waals surface area contributed by atoms with Gasteiger partial charge in [-0.2, -0.15) is 9.97 Å². The van der Waals surface area contributed by atoms with Gasteiger partial charge in [0, 0.05) is 6.42 Å². The lowest BCUT2D eigenvalue weighted by Crippen LogP contribution is -2.06. The summed E-state index contributed by atoms with van der Waals surface area (Å²) < 4.78 is 14.9. The molecule has 0 bridgehead atoms. The fraction of sp³-hybridized carbons (Fsp3) is 0.583. The molecule has 7 nitrogen and oxygen atoms in total. The number of nitrogen functional groups attached to an aromatic ring is 1. The van der Waals surface area contributed by atoms with Crippen LogP contribution in [0.1, 0.15) is 24.8 Å². The number of nitrogens with zero attached hydrogens (tertiary/aromatic N) is 2. The molecule has 19 heavy (non-hydrogen) atoms. The number of hydrogen-bond acceptors (Lipinski definition) is 7. The molecule has 0 saturated heterocycles. The number of carbonyl (C=O) groups excluding carboxylic acids is 1. The van der Waals surface area contributed by atoms with Gasteiger partial charge in [-0.3, -0.25) is 4.79 Å². The summed E-state index contributed by atoms with van der Waals surface area (Å²) in [5, 5.41) is 0. The van der Waals surface area contributed by atoms with Gasteiger partial charge in [0.15, 0.2) is 0 Å². The van der Waals surface area contributed by atoms with Crippen molar-refractivity contribution in [1.82, 2.24) is 9.97 Å². The highest BCUT2D eigenvalue weighted by Crippen LogP contribution is 2.27. The van der Waals surface area contributed by atoms with Crippen LogP contribution in [0.4, 0.5) is 5.95 Å². The Balaban J connectivity index is 2.68. The van der Waals surface area contributed by atoms with Crippen LogP contribution in [0.25, 0.3) is 0 Å². The molecule has 0 atom stereocenters. The van der Waals surface area contributed by atoms with Crippen LogP contribution in [0.5, 0.6) is 11.8 Å². The Morgan fingerprint density at radius 1 is 1.11 bits per heavy atom. The van der Waals surface area contributed by atoms with Gasteiger partial charge in [-0.25, -0.2) is 0 Å². The van der Waals surface area contributed by atoms with Crippen LogP contribution in [0, 0.1) is 0 Å². The average Bonchev–Trinajstić information content (AvgIpc) is 2.43. The van der Waals surface area contributed by atoms with Crippen LogP contribution in [0.15, 0.2) is 0 Å². The monoisotopic (exact) mass is 269 g/mol. The summed E-state index contributed by atoms with van der Waals surface area (Å²) in [6.07, 6.45) is 2.51. The largest absolute Gasteiger partial charge is 0.481 e. The van der Waals surface area contributed by atoms with E-state index in [4.69, 9.17) is 15.2 Å². The Kier molecular flexibility index (Phi) is 5.84. The molecule has 106 valence electrons. The second-order valence-electron chi connectivity index (χ2n) is 3.86. The number of anilines is 1. The number of nitrogens with two attached hydrogens (primary N) is 1. The minimum Gasteiger partial charge on any atom is -0.481 e. The predicted octanol–water partition coefficient (Wildman–Crippen LogP) is 0.962. The zero-order chi connectivity index (χ0) is 14.3. The van der Waals surface area contributed by atoms with E-state index in [1.54, 1.807) is 0 Å². The zero-order valence-corrected chi connectivity index (χ0v) is 11.4. The van der Waals surface area contributed by atoms with Gasteiger partial charge in [0.2, 0.25) is 17.7 Å². The Labute approximate surface area is 112 Å². The first-order chi connectivity index (χ1) is 9.12. The van der Waals surface area contributed by atoms with Crippen LogP contribution < -0.4 is 15.2 Å². The maximum Gasteiger partial charge on any atom is 0.305 e. The van der Waals surface area contributed by atoms with E-state index < -0.39 is 0 Å². The van der Waals surface area contributed by atoms with Crippen molar-refractivity contribution in [2.75, 3.05) is 27.1 Å². The summed E-state index contributed by atoms with van der Waals surface area (Å²) in [5.74, 6) is 0.698. The van der Waals surface area contributed by atoms with Crippen LogP contribution in [0.2, 0.25) is 0 Å². The van der Waals surface area contributed by atoms with Crippen molar-refractivity contribution < 1.29 is 19.0 Å². The van der Waals surface area contributed by atoms with Gasteiger partial charge in [0.1, 0.15) is 0 Å². The molecule has 1 aromatic heterocycles. The lowest BCUT2D eigenvalue weighted by atomic mass is 10.1. The minimum atomic E-state index is -0.215. The molecule has 1 rings (SSSR count). The van der Waals surface area contributed by atoms with Gasteiger partial charge in [-0.1, -0.05) is 0 Å². The van der Waals surface area contributed by atoms with E-state index in [2.05, 4.69) is 14.7 Å². The molecule has 0 fully saturated rings. The number of carbonyl (C=O) groups is 1. The maximum atomic E-state index is 11.0. The zero-order valence-electron chi connectivity index (χ0n) is 11.4. The molecule has 0 saturated carbocycles. The lowest BCUT2D eigenvalue weighted by molar-refractivity contribution is -0.140. The number of methoxy groups -OCH3 is 3. The highest BCUT2D eigenvalue weighted by atomic mass is 16.5. The van der Waals surface area contributed by atoms with Gasteiger partial charge in [-0.05, 0) is 19.3 Å². The van der Waals surface area contributed by atoms with Crippen molar-refractivity contribution in [2.24, 2.45) is 0 Å². The minimum absolute atomic E-state index is 0.104. The van der Waals surface area contributed by atoms with Crippen molar-refractivity contribution >= 4 is 11.9 Å². The normalized spacial score (nSPS) is 10.1. The topological polar surface area (TPSA) is 96.6 Å². The first kappa shape index (κ1) is 15.0. The summed E-state index contributed by atoms with van der Waals surface area (Å²) in [6, 6.07) is 0. The number of unbranched alkanes of at least 4 members (excludes halogenated alkanes) is 1. The number of rotatable bonds is 7. The first-order valence-electron chi connectivity index (χ1n) is 5.93. The Bertz CT molecular complexity index is 412. The molecule has 0 amide bonds. The van der Waals surface area contributed by atoms with Gasteiger partial charge in [0.25, 0.3) is 0 Å². The summed E-state index contributed by atoms with van der Waals surface area (Å²) in [7, 11) is 4.40. The standard InChI is InChI=1S/C12H19N3O4/c1-17-9(16)7-5-4-6-8-10(18-2)14-12(13)15-11(8)19-3/h4-7H2,1-3H3,(H2,13,14,15). The van der Waals surface area contributed by atoms with E-state index in [0.717, 1.165) is 12.0 Å². The molecule has 2 N–H and O–H groups in total. The highest BCUT2D eigenvalue weighted by molar-refractivity contribution is 5.68. The summed E-state index contributed by atoms with van der Waals surface area (Å²) in [6.45, 7) is 0. The van der Waals surface area contributed by atoms with Crippen molar-refractivity contribution in [3.8, 4) is 11.8 Å². The van der Waals surface area contributed by atoms with Crippen LogP contribution >= 0.6 is 0 Å². The second kappa shape index (κ2) is 7.40. The Morgan fingerprint density at radius 3 is 2.16 bits per heavy atom. The van der Waals surface area contributed by atoms with Crippen LogP contribution in [-0.2, 0) is 16.0 Å². The van der Waals surface area contributed by atoms with E-state index in [9.17, 15) is 4.79 Å². The van der Waals surface area contributed by atoms with Gasteiger partial charge in [-0.15, -0.1) is 0 Å². The Morgan fingerprint density at radius 2 is 1.68 bits per heavy atom. The average molecular weight is 269 g/mol. The van der Waals surface area contributed by atoms with E-state index in [1.165, 1.54) is 21.3 Å². The molecular weight excluding hydrogens is 250 g/mol. The van der Waals surface area contributed by atoms with Crippen LogP contribution in [0.3, 0.4) is 0 Å². The fourth-order valence-electron chi connectivity index (χ4n) is 1.68. The summed E-state index contributed by atoms with van der Waals surface area (Å²) in [4.78, 5) is 19.0. The molecule has 0 aromatic carbocycles. The molecule has 1 aromatic rings. The van der Waals surface area contributed by atoms with Crippen molar-refractivity contribution in [1.29, 1.82) is 0 Å². The third-order valence-electron chi connectivity index (χ3n) is 2.62. The molecular formula is C12H19N3O4. The van der Waals surface area contributed by atoms with Gasteiger partial charge < -0.3 is 19.9 Å². The maximum absolute atomic E-state index is 11.0. The number of esters is 1. The molecule has 0 aliphatic rings. The molecule has 0 aliphatic heterocycles. The lowest BCUT2D eigenvalue weighted by Gasteiger charge is -2.11. The molecule has 0 spiro atoms. The van der Waals surface area contributed by atoms with Gasteiger partial charge in [0.05, 0.1) is 26.9 Å². The third kappa shape index (κ3) is 4.27. The van der Waals surface area contributed by atoms with Crippen molar-refractivity contribution in [3.63, 3.8) is 0 Å². The quantitative estimate of drug-likeness (QED) is 0.581. The third-order valence-corrected chi connectivity index (χ3v) is 2.62. The SMILES string of the molecule is COC(=O)CCCCc1c(OC)nc(N)nc1OC. The Hall–Kier alpha value is -2.05. The van der Waals surface area contributed by atoms with Crippen molar-refractivity contribution in [3.05, 3.63) is 5.56 Å². The van der Waals surface area contributed by atoms with Crippen LogP contribution in [-0.4, -0.2) is 37.3 Å². The van der Waals surface area contributed by atoms with E-state index in [1.807, 2.05) is 0 Å². The molecule has 0 unspecified atom stereocenters. The predicted molar refractivity (Wildman–Crippen MR) is 69.1 cm³/mol. The molecule has 0 aliphatic carbocycles. The highest BCUT2D eigenvalue weighted by Gasteiger charge is 2.14. The number of aromatic nitrogens is 2. The molecule has 7 heteroatoms. The van der Waals surface area contributed by atoms with E-state index >= 15 is 0 Å². The summed E-state index contributed by atoms with van der Waals surface area (Å²) in [5.41, 5.74) is 6.30. The van der Waals surface area contributed by atoms with Crippen molar-refractivity contribution in [2.45, 2.75) is 25.7 Å². The first-order valence-corrected chi connectivity index (χ1v) is 5.93.